The molecule has 0 heterocycles. The molecule has 0 aliphatic carbocycles. The predicted octanol–water partition coefficient (Wildman–Crippen LogP) is 0.261. The van der Waals surface area contributed by atoms with Gasteiger partial charge in [0.25, 0.3) is 0 Å². The van der Waals surface area contributed by atoms with Gasteiger partial charge in [-0.15, -0.1) is 0 Å². The van der Waals surface area contributed by atoms with Gasteiger partial charge in [0.1, 0.15) is 0 Å². The van der Waals surface area contributed by atoms with Gasteiger partial charge in [0.05, 0.1) is 18.2 Å². The van der Waals surface area contributed by atoms with Crippen LogP contribution >= 0.6 is 0 Å². The van der Waals surface area contributed by atoms with E-state index in [4.69, 9.17) is 5.26 Å². The van der Waals surface area contributed by atoms with Crippen molar-refractivity contribution in [2.45, 2.75) is 25.9 Å². The summed E-state index contributed by atoms with van der Waals surface area (Å²) >= 11 is 0. The SMILES string of the molecule is CCC(C)(O)CNCC#N. The van der Waals surface area contributed by atoms with Gasteiger partial charge in [0, 0.05) is 6.54 Å². The molecule has 0 amide bonds. The first-order valence-corrected chi connectivity index (χ1v) is 3.42. The van der Waals surface area contributed by atoms with Crippen LogP contribution in [0.2, 0.25) is 0 Å². The maximum Gasteiger partial charge on any atom is 0.0841 e. The number of hydrogen-bond donors (Lipinski definition) is 2. The molecule has 0 rings (SSSR count). The lowest BCUT2D eigenvalue weighted by Gasteiger charge is -2.20. The highest BCUT2D eigenvalue weighted by atomic mass is 16.3. The second-order valence-electron chi connectivity index (χ2n) is 2.61. The van der Waals surface area contributed by atoms with E-state index in [1.54, 1.807) is 6.92 Å². The fourth-order valence-electron chi connectivity index (χ4n) is 0.513. The van der Waals surface area contributed by atoms with Gasteiger partial charge in [-0.1, -0.05) is 6.92 Å². The van der Waals surface area contributed by atoms with Crippen molar-refractivity contribution in [3.8, 4) is 6.07 Å². The maximum absolute atomic E-state index is 9.38. The first-order chi connectivity index (χ1) is 4.62. The normalized spacial score (nSPS) is 15.8. The predicted molar refractivity (Wildman–Crippen MR) is 39.4 cm³/mol. The summed E-state index contributed by atoms with van der Waals surface area (Å²) in [5.41, 5.74) is -0.670. The quantitative estimate of drug-likeness (QED) is 0.437. The monoisotopic (exact) mass is 142 g/mol. The number of nitrogens with zero attached hydrogens (tertiary/aromatic N) is 1. The van der Waals surface area contributed by atoms with E-state index in [0.29, 0.717) is 19.5 Å². The Morgan fingerprint density at radius 2 is 2.30 bits per heavy atom. The number of rotatable bonds is 4. The molecule has 1 atom stereocenters. The molecular formula is C7H14N2O. The van der Waals surface area contributed by atoms with E-state index in [9.17, 15) is 5.11 Å². The number of aliphatic hydroxyl groups is 1. The van der Waals surface area contributed by atoms with Crippen LogP contribution in [-0.4, -0.2) is 23.8 Å². The lowest BCUT2D eigenvalue weighted by molar-refractivity contribution is 0.0570. The van der Waals surface area contributed by atoms with Crippen molar-refractivity contribution >= 4 is 0 Å². The van der Waals surface area contributed by atoms with Gasteiger partial charge in [-0.25, -0.2) is 0 Å². The van der Waals surface area contributed by atoms with Crippen molar-refractivity contribution in [1.82, 2.24) is 5.32 Å². The highest BCUT2D eigenvalue weighted by Crippen LogP contribution is 2.05. The van der Waals surface area contributed by atoms with Crippen LogP contribution in [-0.2, 0) is 0 Å². The Hall–Kier alpha value is -0.590. The summed E-state index contributed by atoms with van der Waals surface area (Å²) in [5.74, 6) is 0. The van der Waals surface area contributed by atoms with Gasteiger partial charge >= 0.3 is 0 Å². The van der Waals surface area contributed by atoms with Crippen LogP contribution in [0.1, 0.15) is 20.3 Å². The molecule has 3 heteroatoms. The smallest absolute Gasteiger partial charge is 0.0841 e. The third-order valence-corrected chi connectivity index (χ3v) is 1.47. The van der Waals surface area contributed by atoms with Gasteiger partial charge in [-0.05, 0) is 13.3 Å². The minimum atomic E-state index is -0.670. The fraction of sp³-hybridized carbons (Fsp3) is 0.857. The van der Waals surface area contributed by atoms with Crippen molar-refractivity contribution in [2.75, 3.05) is 13.1 Å². The van der Waals surface area contributed by atoms with Gasteiger partial charge in [-0.2, -0.15) is 5.26 Å². The Morgan fingerprint density at radius 1 is 1.70 bits per heavy atom. The summed E-state index contributed by atoms with van der Waals surface area (Å²) in [7, 11) is 0. The Kier molecular flexibility index (Phi) is 4.01. The summed E-state index contributed by atoms with van der Waals surface area (Å²) in [4.78, 5) is 0. The molecule has 0 aromatic carbocycles. The van der Waals surface area contributed by atoms with Crippen molar-refractivity contribution in [1.29, 1.82) is 5.26 Å². The molecule has 0 fully saturated rings. The Morgan fingerprint density at radius 3 is 2.70 bits per heavy atom. The molecule has 0 aromatic rings. The van der Waals surface area contributed by atoms with Crippen LogP contribution in [0.3, 0.4) is 0 Å². The van der Waals surface area contributed by atoms with Gasteiger partial charge in [0.2, 0.25) is 0 Å². The lowest BCUT2D eigenvalue weighted by atomic mass is 10.0. The van der Waals surface area contributed by atoms with Gasteiger partial charge in [0.15, 0.2) is 0 Å². The molecule has 58 valence electrons. The van der Waals surface area contributed by atoms with E-state index in [1.165, 1.54) is 0 Å². The van der Waals surface area contributed by atoms with Crippen molar-refractivity contribution in [2.24, 2.45) is 0 Å². The fourth-order valence-corrected chi connectivity index (χ4v) is 0.513. The van der Waals surface area contributed by atoms with Gasteiger partial charge in [-0.3, -0.25) is 0 Å². The number of hydrogen-bond acceptors (Lipinski definition) is 3. The second-order valence-corrected chi connectivity index (χ2v) is 2.61. The van der Waals surface area contributed by atoms with Crippen LogP contribution in [0.25, 0.3) is 0 Å². The molecule has 10 heavy (non-hydrogen) atoms. The molecular weight excluding hydrogens is 128 g/mol. The summed E-state index contributed by atoms with van der Waals surface area (Å²) < 4.78 is 0. The number of nitrogens with one attached hydrogen (secondary N) is 1. The third-order valence-electron chi connectivity index (χ3n) is 1.47. The first-order valence-electron chi connectivity index (χ1n) is 3.42. The molecule has 0 aliphatic rings. The molecule has 0 saturated carbocycles. The zero-order valence-corrected chi connectivity index (χ0v) is 6.52. The zero-order valence-electron chi connectivity index (χ0n) is 6.52. The molecule has 1 unspecified atom stereocenters. The molecule has 2 N–H and O–H groups in total. The average molecular weight is 142 g/mol. The first kappa shape index (κ1) is 9.41. The zero-order chi connectivity index (χ0) is 8.04. The summed E-state index contributed by atoms with van der Waals surface area (Å²) in [6.07, 6.45) is 0.700. The molecule has 0 saturated heterocycles. The van der Waals surface area contributed by atoms with E-state index in [2.05, 4.69) is 5.32 Å². The molecule has 0 bridgehead atoms. The van der Waals surface area contributed by atoms with Crippen molar-refractivity contribution < 1.29 is 5.11 Å². The topological polar surface area (TPSA) is 56.0 Å². The average Bonchev–Trinajstić information content (AvgIpc) is 1.89. The highest BCUT2D eigenvalue weighted by molar-refractivity contribution is 4.78. The molecule has 0 spiro atoms. The van der Waals surface area contributed by atoms with Crippen molar-refractivity contribution in [3.63, 3.8) is 0 Å². The minimum absolute atomic E-state index is 0.302. The van der Waals surface area contributed by atoms with Crippen LogP contribution in [0, 0.1) is 11.3 Å². The Labute approximate surface area is 61.7 Å². The third kappa shape index (κ3) is 4.30. The van der Waals surface area contributed by atoms with Crippen LogP contribution in [0.4, 0.5) is 0 Å². The van der Waals surface area contributed by atoms with E-state index in [1.807, 2.05) is 13.0 Å². The lowest BCUT2D eigenvalue weighted by Crippen LogP contribution is -2.37. The minimum Gasteiger partial charge on any atom is -0.389 e. The maximum atomic E-state index is 9.38. The molecule has 3 nitrogen and oxygen atoms in total. The van der Waals surface area contributed by atoms with Crippen LogP contribution in [0.5, 0.6) is 0 Å². The van der Waals surface area contributed by atoms with Crippen LogP contribution < -0.4 is 5.32 Å². The standard InChI is InChI=1S/C7H14N2O/c1-3-7(2,10)6-9-5-4-8/h9-10H,3,5-6H2,1-2H3. The molecule has 0 radical (unpaired) electrons. The summed E-state index contributed by atoms with van der Waals surface area (Å²) in [6, 6.07) is 1.94. The van der Waals surface area contributed by atoms with Crippen molar-refractivity contribution in [3.05, 3.63) is 0 Å². The summed E-state index contributed by atoms with van der Waals surface area (Å²) in [6.45, 7) is 4.44. The summed E-state index contributed by atoms with van der Waals surface area (Å²) in [5, 5.41) is 20.3. The molecule has 0 aliphatic heterocycles. The largest absolute Gasteiger partial charge is 0.389 e. The highest BCUT2D eigenvalue weighted by Gasteiger charge is 2.15. The Balaban J connectivity index is 3.39. The number of nitriles is 1. The van der Waals surface area contributed by atoms with E-state index >= 15 is 0 Å². The van der Waals surface area contributed by atoms with E-state index in [-0.39, 0.29) is 0 Å². The molecule has 0 aromatic heterocycles. The van der Waals surface area contributed by atoms with Crippen LogP contribution in [0.15, 0.2) is 0 Å². The van der Waals surface area contributed by atoms with Gasteiger partial charge < -0.3 is 10.4 Å². The van der Waals surface area contributed by atoms with E-state index < -0.39 is 5.60 Å². The van der Waals surface area contributed by atoms with E-state index in [0.717, 1.165) is 0 Å². The second kappa shape index (κ2) is 4.26. The Bertz CT molecular complexity index is 126.